The summed E-state index contributed by atoms with van der Waals surface area (Å²) in [4.78, 5) is 12.2. The van der Waals surface area contributed by atoms with E-state index < -0.39 is 4.92 Å². The molecule has 0 spiro atoms. The topological polar surface area (TPSA) is 77.7 Å². The fourth-order valence-corrected chi connectivity index (χ4v) is 3.07. The number of nitro benzene ring substituents is 1. The molecule has 0 radical (unpaired) electrons. The highest BCUT2D eigenvalue weighted by atomic mass is 127. The number of rotatable bonds is 4. The zero-order valence-electron chi connectivity index (χ0n) is 13.9. The van der Waals surface area contributed by atoms with Gasteiger partial charge in [-0.25, -0.2) is 0 Å². The fraction of sp³-hybridized carbons (Fsp3) is 0. The maximum atomic E-state index is 10.9. The first kappa shape index (κ1) is 17.3. The molecule has 3 aromatic carbocycles. The van der Waals surface area contributed by atoms with Crippen molar-refractivity contribution in [2.45, 2.75) is 0 Å². The van der Waals surface area contributed by atoms with Gasteiger partial charge in [0.15, 0.2) is 5.21 Å². The van der Waals surface area contributed by atoms with Crippen molar-refractivity contribution in [3.63, 3.8) is 0 Å². The van der Waals surface area contributed by atoms with Crippen LogP contribution in [0.1, 0.15) is 0 Å². The number of nitrogens with zero attached hydrogens (tertiary/aromatic N) is 5. The lowest BCUT2D eigenvalue weighted by molar-refractivity contribution is -0.669. The number of hydrogen-bond donors (Lipinski definition) is 0. The van der Waals surface area contributed by atoms with Gasteiger partial charge in [0.2, 0.25) is 0 Å². The Labute approximate surface area is 168 Å². The highest BCUT2D eigenvalue weighted by Crippen LogP contribution is 2.20. The average molecular weight is 470 g/mol. The van der Waals surface area contributed by atoms with Gasteiger partial charge in [-0.15, -0.1) is 4.68 Å². The molecule has 0 aliphatic heterocycles. The monoisotopic (exact) mass is 470 g/mol. The van der Waals surface area contributed by atoms with Crippen molar-refractivity contribution in [1.82, 2.24) is 15.1 Å². The van der Waals surface area contributed by atoms with Crippen LogP contribution in [0.4, 0.5) is 5.69 Å². The van der Waals surface area contributed by atoms with E-state index in [1.165, 1.54) is 12.1 Å². The van der Waals surface area contributed by atoms with Crippen molar-refractivity contribution in [2.24, 2.45) is 0 Å². The highest BCUT2D eigenvalue weighted by molar-refractivity contribution is 14.1. The van der Waals surface area contributed by atoms with Gasteiger partial charge in [0.25, 0.3) is 5.69 Å². The Balaban J connectivity index is 1.89. The molecule has 4 aromatic rings. The van der Waals surface area contributed by atoms with Crippen LogP contribution in [0.2, 0.25) is 0 Å². The molecule has 0 amide bonds. The van der Waals surface area contributed by atoms with E-state index in [1.807, 2.05) is 59.3 Å². The average Bonchev–Trinajstić information content (AvgIpc) is 3.14. The molecule has 1 heterocycles. The van der Waals surface area contributed by atoms with Gasteiger partial charge in [-0.3, -0.25) is 10.1 Å². The first-order chi connectivity index (χ1) is 13.1. The van der Waals surface area contributed by atoms with Gasteiger partial charge in [0.05, 0.1) is 10.5 Å². The molecule has 0 aliphatic carbocycles. The summed E-state index contributed by atoms with van der Waals surface area (Å²) >= 11 is 2.25. The molecule has 0 saturated heterocycles. The third-order valence-corrected chi connectivity index (χ3v) is 4.73. The van der Waals surface area contributed by atoms with E-state index >= 15 is 0 Å². The summed E-state index contributed by atoms with van der Waals surface area (Å²) in [6, 6.07) is 24.0. The van der Waals surface area contributed by atoms with Crippen LogP contribution in [0.25, 0.3) is 22.8 Å². The Bertz CT molecular complexity index is 1090. The third kappa shape index (κ3) is 3.43. The van der Waals surface area contributed by atoms with Crippen LogP contribution in [0, 0.1) is 13.7 Å². The second-order valence-corrected chi connectivity index (χ2v) is 6.98. The van der Waals surface area contributed by atoms with Crippen LogP contribution in [-0.2, 0) is 0 Å². The summed E-state index contributed by atoms with van der Waals surface area (Å²) in [6.07, 6.45) is 0. The van der Waals surface area contributed by atoms with Crippen molar-refractivity contribution in [3.05, 3.63) is 92.5 Å². The number of halogens is 1. The summed E-state index contributed by atoms with van der Waals surface area (Å²) in [7, 11) is 0. The van der Waals surface area contributed by atoms with E-state index in [-0.39, 0.29) is 5.69 Å². The minimum absolute atomic E-state index is 0.0371. The molecular formula is C19H13IN5O2+. The second kappa shape index (κ2) is 7.23. The third-order valence-electron chi connectivity index (χ3n) is 4.01. The Morgan fingerprint density at radius 3 is 2.22 bits per heavy atom. The van der Waals surface area contributed by atoms with Crippen LogP contribution < -0.4 is 4.68 Å². The molecule has 1 aromatic heterocycles. The number of hydrogen-bond acceptors (Lipinski definition) is 4. The van der Waals surface area contributed by atoms with Gasteiger partial charge in [-0.2, -0.15) is 0 Å². The quantitative estimate of drug-likeness (QED) is 0.197. The van der Waals surface area contributed by atoms with Gasteiger partial charge in [-0.1, -0.05) is 18.2 Å². The highest BCUT2D eigenvalue weighted by Gasteiger charge is 2.25. The molecule has 0 bridgehead atoms. The Hall–Kier alpha value is -3.14. The number of benzene rings is 3. The first-order valence-corrected chi connectivity index (χ1v) is 9.15. The van der Waals surface area contributed by atoms with Gasteiger partial charge >= 0.3 is 5.82 Å². The zero-order chi connectivity index (χ0) is 18.8. The van der Waals surface area contributed by atoms with E-state index in [1.54, 1.807) is 16.9 Å². The SMILES string of the molecule is O=[N+]([O-])c1ccc(-c2nnn(-c3ccc(I)cc3)[n+]2-c2ccccc2)cc1. The fourth-order valence-electron chi connectivity index (χ4n) is 2.71. The van der Waals surface area contributed by atoms with Crippen molar-refractivity contribution in [2.75, 3.05) is 0 Å². The molecule has 0 atom stereocenters. The summed E-state index contributed by atoms with van der Waals surface area (Å²) in [5.74, 6) is 0.592. The lowest BCUT2D eigenvalue weighted by Gasteiger charge is -2.05. The van der Waals surface area contributed by atoms with Crippen molar-refractivity contribution in [1.29, 1.82) is 0 Å². The Morgan fingerprint density at radius 1 is 0.926 bits per heavy atom. The molecule has 0 fully saturated rings. The Morgan fingerprint density at radius 2 is 1.59 bits per heavy atom. The van der Waals surface area contributed by atoms with E-state index in [4.69, 9.17) is 0 Å². The molecule has 0 saturated carbocycles. The van der Waals surface area contributed by atoms with Crippen molar-refractivity contribution >= 4 is 28.3 Å². The number of nitro groups is 1. The van der Waals surface area contributed by atoms with E-state index in [0.717, 1.165) is 20.5 Å². The molecule has 132 valence electrons. The molecule has 7 nitrogen and oxygen atoms in total. The molecule has 0 N–H and O–H groups in total. The van der Waals surface area contributed by atoms with Crippen LogP contribution in [0.3, 0.4) is 0 Å². The van der Waals surface area contributed by atoms with E-state index in [0.29, 0.717) is 5.82 Å². The molecule has 0 aliphatic rings. The van der Waals surface area contributed by atoms with E-state index in [9.17, 15) is 10.1 Å². The normalized spacial score (nSPS) is 10.7. The number of aromatic nitrogens is 4. The predicted molar refractivity (Wildman–Crippen MR) is 108 cm³/mol. The standard InChI is InChI=1S/C19H13IN5O2/c20-15-8-12-17(13-9-15)24-22-21-19(23(24)16-4-2-1-3-5-16)14-6-10-18(11-7-14)25(26)27/h1-13H/q+1. The van der Waals surface area contributed by atoms with Crippen LogP contribution in [-0.4, -0.2) is 20.0 Å². The van der Waals surface area contributed by atoms with Crippen LogP contribution in [0.5, 0.6) is 0 Å². The van der Waals surface area contributed by atoms with Crippen molar-refractivity contribution in [3.8, 4) is 22.8 Å². The molecule has 27 heavy (non-hydrogen) atoms. The summed E-state index contributed by atoms with van der Waals surface area (Å²) < 4.78 is 3.00. The van der Waals surface area contributed by atoms with Gasteiger partial charge in [0, 0.05) is 15.7 Å². The minimum atomic E-state index is -0.419. The summed E-state index contributed by atoms with van der Waals surface area (Å²) in [5.41, 5.74) is 2.52. The summed E-state index contributed by atoms with van der Waals surface area (Å²) in [6.45, 7) is 0. The molecule has 4 rings (SSSR count). The number of para-hydroxylation sites is 1. The van der Waals surface area contributed by atoms with Gasteiger partial charge in [0.1, 0.15) is 16.5 Å². The smallest absolute Gasteiger partial charge is 0.258 e. The van der Waals surface area contributed by atoms with Crippen molar-refractivity contribution < 1.29 is 9.61 Å². The van der Waals surface area contributed by atoms with Gasteiger partial charge < -0.3 is 0 Å². The van der Waals surface area contributed by atoms with Gasteiger partial charge in [-0.05, 0) is 75.9 Å². The lowest BCUT2D eigenvalue weighted by Crippen LogP contribution is -2.42. The lowest BCUT2D eigenvalue weighted by atomic mass is 10.2. The number of tetrazole rings is 1. The van der Waals surface area contributed by atoms with Crippen LogP contribution >= 0.6 is 22.6 Å². The summed E-state index contributed by atoms with van der Waals surface area (Å²) in [5, 5.41) is 19.6. The largest absolute Gasteiger partial charge is 0.337 e. The molecule has 0 unspecified atom stereocenters. The number of non-ortho nitro benzene ring substituents is 1. The first-order valence-electron chi connectivity index (χ1n) is 8.08. The molecule has 8 heteroatoms. The molecular weight excluding hydrogens is 457 g/mol. The Kier molecular flexibility index (Phi) is 4.63. The van der Waals surface area contributed by atoms with E-state index in [2.05, 4.69) is 32.9 Å². The second-order valence-electron chi connectivity index (χ2n) is 5.73. The maximum Gasteiger partial charge on any atom is 0.337 e. The predicted octanol–water partition coefficient (Wildman–Crippen LogP) is 3.72. The minimum Gasteiger partial charge on any atom is -0.258 e. The van der Waals surface area contributed by atoms with Crippen LogP contribution in [0.15, 0.2) is 78.9 Å². The zero-order valence-corrected chi connectivity index (χ0v) is 16.1. The maximum absolute atomic E-state index is 10.9.